The maximum atomic E-state index is 5.49. The highest BCUT2D eigenvalue weighted by molar-refractivity contribution is 6.01. The Morgan fingerprint density at radius 3 is 2.61 bits per heavy atom. The molecule has 1 aliphatic heterocycles. The van der Waals surface area contributed by atoms with Crippen LogP contribution in [0.15, 0.2) is 41.6 Å². The molecule has 3 rings (SSSR count). The summed E-state index contributed by atoms with van der Waals surface area (Å²) in [6, 6.07) is 12.4. The highest BCUT2D eigenvalue weighted by atomic mass is 16.6. The van der Waals surface area contributed by atoms with Gasteiger partial charge in [-0.2, -0.15) is 0 Å². The lowest BCUT2D eigenvalue weighted by atomic mass is 10.0. The number of nitrogens with zero attached hydrogens (tertiary/aromatic N) is 2. The molecule has 0 N–H and O–H groups in total. The van der Waals surface area contributed by atoms with Gasteiger partial charge in [0.1, 0.15) is 12.4 Å². The molecule has 4 nitrogen and oxygen atoms in total. The Morgan fingerprint density at radius 1 is 1.09 bits per heavy atom. The molecular weight excluding hydrogens is 288 g/mol. The van der Waals surface area contributed by atoms with Crippen LogP contribution < -0.4 is 4.74 Å². The fourth-order valence-electron chi connectivity index (χ4n) is 2.95. The number of hydrogen-bond donors (Lipinski definition) is 0. The van der Waals surface area contributed by atoms with Gasteiger partial charge in [-0.05, 0) is 67.4 Å². The summed E-state index contributed by atoms with van der Waals surface area (Å²) in [6.07, 6.45) is 2.62. The van der Waals surface area contributed by atoms with Crippen molar-refractivity contribution in [3.8, 4) is 5.75 Å². The van der Waals surface area contributed by atoms with Gasteiger partial charge >= 0.3 is 0 Å². The molecule has 1 saturated heterocycles. The van der Waals surface area contributed by atoms with E-state index in [1.165, 1.54) is 31.3 Å². The van der Waals surface area contributed by atoms with Crippen molar-refractivity contribution in [3.05, 3.63) is 42.0 Å². The molecule has 1 aliphatic rings. The lowest BCUT2D eigenvalue weighted by molar-refractivity contribution is 0.119. The number of benzene rings is 2. The van der Waals surface area contributed by atoms with E-state index in [1.807, 2.05) is 19.1 Å². The van der Waals surface area contributed by atoms with E-state index in [0.29, 0.717) is 6.61 Å². The Morgan fingerprint density at radius 2 is 1.83 bits per heavy atom. The molecule has 4 heteroatoms. The minimum atomic E-state index is 0.655. The summed E-state index contributed by atoms with van der Waals surface area (Å²) in [7, 11) is 1.69. The number of rotatable bonds is 6. The van der Waals surface area contributed by atoms with Crippen LogP contribution in [0, 0.1) is 0 Å². The van der Waals surface area contributed by atoms with Crippen LogP contribution >= 0.6 is 0 Å². The molecule has 0 saturated carbocycles. The fourth-order valence-corrected chi connectivity index (χ4v) is 2.95. The van der Waals surface area contributed by atoms with E-state index in [-0.39, 0.29) is 0 Å². The number of oxime groups is 1. The first-order chi connectivity index (χ1) is 11.3. The van der Waals surface area contributed by atoms with Gasteiger partial charge in [-0.1, -0.05) is 23.4 Å². The first-order valence-electron chi connectivity index (χ1n) is 8.23. The van der Waals surface area contributed by atoms with Gasteiger partial charge in [0.2, 0.25) is 0 Å². The minimum absolute atomic E-state index is 0.655. The maximum Gasteiger partial charge on any atom is 0.129 e. The molecule has 0 unspecified atom stereocenters. The summed E-state index contributed by atoms with van der Waals surface area (Å²) < 4.78 is 5.26. The van der Waals surface area contributed by atoms with Crippen molar-refractivity contribution in [2.75, 3.05) is 33.4 Å². The SMILES string of the molecule is COc1ccc2cc(/C(C)=N/OCCN3CCCC3)ccc2c1. The summed E-state index contributed by atoms with van der Waals surface area (Å²) in [5, 5.41) is 6.60. The zero-order valence-corrected chi connectivity index (χ0v) is 13.9. The fraction of sp³-hybridized carbons (Fsp3) is 0.421. The molecule has 0 atom stereocenters. The van der Waals surface area contributed by atoms with E-state index in [4.69, 9.17) is 9.57 Å². The monoisotopic (exact) mass is 312 g/mol. The highest BCUT2D eigenvalue weighted by Gasteiger charge is 2.10. The third kappa shape index (κ3) is 4.02. The molecule has 2 aromatic rings. The molecule has 0 bridgehead atoms. The van der Waals surface area contributed by atoms with E-state index < -0.39 is 0 Å². The number of methoxy groups -OCH3 is 1. The molecule has 23 heavy (non-hydrogen) atoms. The van der Waals surface area contributed by atoms with Crippen molar-refractivity contribution in [1.29, 1.82) is 0 Å². The second-order valence-electron chi connectivity index (χ2n) is 5.99. The summed E-state index contributed by atoms with van der Waals surface area (Å²) >= 11 is 0. The molecule has 0 amide bonds. The summed E-state index contributed by atoms with van der Waals surface area (Å²) in [6.45, 7) is 6.00. The average molecular weight is 312 g/mol. The number of hydrogen-bond acceptors (Lipinski definition) is 4. The molecule has 0 spiro atoms. The van der Waals surface area contributed by atoms with Crippen molar-refractivity contribution < 1.29 is 9.57 Å². The Balaban J connectivity index is 1.62. The van der Waals surface area contributed by atoms with Crippen LogP contribution in [-0.2, 0) is 4.84 Å². The molecule has 1 heterocycles. The smallest absolute Gasteiger partial charge is 0.129 e. The van der Waals surface area contributed by atoms with Crippen LogP contribution in [0.2, 0.25) is 0 Å². The zero-order valence-electron chi connectivity index (χ0n) is 13.9. The third-order valence-corrected chi connectivity index (χ3v) is 4.36. The van der Waals surface area contributed by atoms with Crippen LogP contribution in [0.5, 0.6) is 5.75 Å². The predicted molar refractivity (Wildman–Crippen MR) is 94.3 cm³/mol. The maximum absolute atomic E-state index is 5.49. The molecule has 122 valence electrons. The van der Waals surface area contributed by atoms with E-state index in [1.54, 1.807) is 7.11 Å². The molecular formula is C19H24N2O2. The first-order valence-corrected chi connectivity index (χ1v) is 8.23. The number of fused-ring (bicyclic) bond motifs is 1. The van der Waals surface area contributed by atoms with Gasteiger partial charge in [0.25, 0.3) is 0 Å². The van der Waals surface area contributed by atoms with Crippen LogP contribution in [0.4, 0.5) is 0 Å². The Kier molecular flexibility index (Phi) is 5.13. The van der Waals surface area contributed by atoms with Crippen LogP contribution in [0.3, 0.4) is 0 Å². The van der Waals surface area contributed by atoms with Crippen LogP contribution in [0.25, 0.3) is 10.8 Å². The molecule has 0 aromatic heterocycles. The summed E-state index contributed by atoms with van der Waals surface area (Å²) in [5.41, 5.74) is 1.99. The van der Waals surface area contributed by atoms with Gasteiger partial charge in [0, 0.05) is 6.54 Å². The molecule has 2 aromatic carbocycles. The number of likely N-dealkylation sites (tertiary alicyclic amines) is 1. The lowest BCUT2D eigenvalue weighted by Gasteiger charge is -2.13. The van der Waals surface area contributed by atoms with Gasteiger partial charge in [-0.3, -0.25) is 4.90 Å². The Bertz CT molecular complexity index is 691. The van der Waals surface area contributed by atoms with Crippen molar-refractivity contribution in [1.82, 2.24) is 4.90 Å². The zero-order chi connectivity index (χ0) is 16.1. The quantitative estimate of drug-likeness (QED) is 0.463. The minimum Gasteiger partial charge on any atom is -0.497 e. The van der Waals surface area contributed by atoms with Crippen LogP contribution in [-0.4, -0.2) is 44.0 Å². The van der Waals surface area contributed by atoms with Gasteiger partial charge in [0.05, 0.1) is 12.8 Å². The van der Waals surface area contributed by atoms with Crippen molar-refractivity contribution >= 4 is 16.5 Å². The van der Waals surface area contributed by atoms with Crippen molar-refractivity contribution in [2.45, 2.75) is 19.8 Å². The molecule has 1 fully saturated rings. The van der Waals surface area contributed by atoms with Crippen molar-refractivity contribution in [3.63, 3.8) is 0 Å². The standard InChI is InChI=1S/C19H24N2O2/c1-15(20-23-12-11-21-9-3-4-10-21)16-5-6-18-14-19(22-2)8-7-17(18)13-16/h5-8,13-14H,3-4,9-12H2,1-2H3/b20-15+. The predicted octanol–water partition coefficient (Wildman–Crippen LogP) is 3.68. The van der Waals surface area contributed by atoms with E-state index in [9.17, 15) is 0 Å². The average Bonchev–Trinajstić information content (AvgIpc) is 3.11. The second-order valence-corrected chi connectivity index (χ2v) is 5.99. The normalized spacial score (nSPS) is 16.0. The van der Waals surface area contributed by atoms with Gasteiger partial charge in [-0.25, -0.2) is 0 Å². The molecule has 0 aliphatic carbocycles. The van der Waals surface area contributed by atoms with Crippen molar-refractivity contribution in [2.24, 2.45) is 5.16 Å². The lowest BCUT2D eigenvalue weighted by Crippen LogP contribution is -2.23. The second kappa shape index (κ2) is 7.47. The van der Waals surface area contributed by atoms with Crippen LogP contribution in [0.1, 0.15) is 25.3 Å². The van der Waals surface area contributed by atoms with E-state index >= 15 is 0 Å². The largest absolute Gasteiger partial charge is 0.497 e. The number of ether oxygens (including phenoxy) is 1. The highest BCUT2D eigenvalue weighted by Crippen LogP contribution is 2.22. The Labute approximate surface area is 137 Å². The van der Waals surface area contributed by atoms with Gasteiger partial charge in [-0.15, -0.1) is 0 Å². The molecule has 0 radical (unpaired) electrons. The van der Waals surface area contributed by atoms with Gasteiger partial charge in [0.15, 0.2) is 0 Å². The third-order valence-electron chi connectivity index (χ3n) is 4.36. The topological polar surface area (TPSA) is 34.1 Å². The summed E-state index contributed by atoms with van der Waals surface area (Å²) in [5.74, 6) is 0.876. The summed E-state index contributed by atoms with van der Waals surface area (Å²) in [4.78, 5) is 7.91. The first kappa shape index (κ1) is 15.8. The van der Waals surface area contributed by atoms with E-state index in [2.05, 4.69) is 34.3 Å². The van der Waals surface area contributed by atoms with Gasteiger partial charge < -0.3 is 9.57 Å². The Hall–Kier alpha value is -2.07. The van der Waals surface area contributed by atoms with E-state index in [0.717, 1.165) is 29.0 Å².